The van der Waals surface area contributed by atoms with E-state index in [1.165, 1.54) is 0 Å². The SMILES string of the molecule is CCc1ccc(C(=O)NNC(=O)c2c(C)nn(Cc3ccccc3)c2Cl)cc1. The van der Waals surface area contributed by atoms with Crippen molar-refractivity contribution in [3.8, 4) is 0 Å². The first-order chi connectivity index (χ1) is 13.5. The minimum Gasteiger partial charge on any atom is -0.267 e. The first kappa shape index (κ1) is 19.6. The lowest BCUT2D eigenvalue weighted by Gasteiger charge is -2.08. The number of halogens is 1. The highest BCUT2D eigenvalue weighted by molar-refractivity contribution is 6.33. The lowest BCUT2D eigenvalue weighted by atomic mass is 10.1. The summed E-state index contributed by atoms with van der Waals surface area (Å²) >= 11 is 6.37. The number of hydrogen-bond donors (Lipinski definition) is 2. The van der Waals surface area contributed by atoms with Crippen LogP contribution < -0.4 is 10.9 Å². The molecule has 3 rings (SSSR count). The normalized spacial score (nSPS) is 10.5. The molecule has 2 N–H and O–H groups in total. The van der Waals surface area contributed by atoms with Crippen LogP contribution in [0.25, 0.3) is 0 Å². The second-order valence-electron chi connectivity index (χ2n) is 6.35. The number of rotatable bonds is 5. The summed E-state index contributed by atoms with van der Waals surface area (Å²) in [6.07, 6.45) is 0.892. The smallest absolute Gasteiger partial charge is 0.267 e. The van der Waals surface area contributed by atoms with Gasteiger partial charge in [-0.05, 0) is 36.6 Å². The zero-order chi connectivity index (χ0) is 20.1. The monoisotopic (exact) mass is 396 g/mol. The van der Waals surface area contributed by atoms with Crippen LogP contribution in [0.15, 0.2) is 54.6 Å². The Labute approximate surface area is 168 Å². The zero-order valence-corrected chi connectivity index (χ0v) is 16.5. The largest absolute Gasteiger partial charge is 0.274 e. The fourth-order valence-corrected chi connectivity index (χ4v) is 3.13. The topological polar surface area (TPSA) is 76.0 Å². The van der Waals surface area contributed by atoms with Gasteiger partial charge in [0, 0.05) is 5.56 Å². The minimum absolute atomic E-state index is 0.223. The molecule has 7 heteroatoms. The van der Waals surface area contributed by atoms with E-state index in [0.29, 0.717) is 17.8 Å². The number of carbonyl (C=O) groups excluding carboxylic acids is 2. The van der Waals surface area contributed by atoms with Crippen molar-refractivity contribution in [1.82, 2.24) is 20.6 Å². The molecule has 0 atom stereocenters. The highest BCUT2D eigenvalue weighted by Gasteiger charge is 2.21. The van der Waals surface area contributed by atoms with E-state index in [1.807, 2.05) is 49.4 Å². The summed E-state index contributed by atoms with van der Waals surface area (Å²) in [5.41, 5.74) is 8.15. The van der Waals surface area contributed by atoms with Gasteiger partial charge in [-0.25, -0.2) is 4.68 Å². The molecule has 1 heterocycles. The quantitative estimate of drug-likeness (QED) is 0.648. The predicted molar refractivity (Wildman–Crippen MR) is 108 cm³/mol. The molecule has 0 radical (unpaired) electrons. The van der Waals surface area contributed by atoms with Crippen molar-refractivity contribution < 1.29 is 9.59 Å². The second kappa shape index (κ2) is 8.71. The zero-order valence-electron chi connectivity index (χ0n) is 15.7. The van der Waals surface area contributed by atoms with E-state index in [0.717, 1.165) is 17.5 Å². The summed E-state index contributed by atoms with van der Waals surface area (Å²) in [5.74, 6) is -0.915. The summed E-state index contributed by atoms with van der Waals surface area (Å²) < 4.78 is 1.56. The molecule has 28 heavy (non-hydrogen) atoms. The third-order valence-corrected chi connectivity index (χ3v) is 4.77. The molecule has 0 spiro atoms. The van der Waals surface area contributed by atoms with Gasteiger partial charge in [0.2, 0.25) is 0 Å². The number of amides is 2. The number of nitrogens with zero attached hydrogens (tertiary/aromatic N) is 2. The standard InChI is InChI=1S/C21H21ClN4O2/c1-3-15-9-11-17(12-10-15)20(27)23-24-21(28)18-14(2)25-26(19(18)22)13-16-7-5-4-6-8-16/h4-12H,3,13H2,1-2H3,(H,23,27)(H,24,28). The lowest BCUT2D eigenvalue weighted by molar-refractivity contribution is 0.0846. The fourth-order valence-electron chi connectivity index (χ4n) is 2.81. The first-order valence-electron chi connectivity index (χ1n) is 8.96. The van der Waals surface area contributed by atoms with Crippen molar-refractivity contribution in [2.75, 3.05) is 0 Å². The average Bonchev–Trinajstić information content (AvgIpc) is 2.99. The van der Waals surface area contributed by atoms with Gasteiger partial charge in [0.1, 0.15) is 10.7 Å². The second-order valence-corrected chi connectivity index (χ2v) is 6.71. The van der Waals surface area contributed by atoms with Crippen molar-refractivity contribution >= 4 is 23.4 Å². The summed E-state index contributed by atoms with van der Waals surface area (Å²) in [6, 6.07) is 16.9. The van der Waals surface area contributed by atoms with Crippen LogP contribution in [0.5, 0.6) is 0 Å². The third-order valence-electron chi connectivity index (χ3n) is 4.38. The molecule has 0 saturated carbocycles. The van der Waals surface area contributed by atoms with Gasteiger partial charge in [0.15, 0.2) is 0 Å². The van der Waals surface area contributed by atoms with Crippen LogP contribution >= 0.6 is 11.6 Å². The summed E-state index contributed by atoms with van der Waals surface area (Å²) in [6.45, 7) is 4.19. The number of nitrogens with one attached hydrogen (secondary N) is 2. The Morgan fingerprint density at radius 3 is 2.25 bits per heavy atom. The van der Waals surface area contributed by atoms with Crippen LogP contribution in [0.4, 0.5) is 0 Å². The van der Waals surface area contributed by atoms with E-state index in [9.17, 15) is 9.59 Å². The Bertz CT molecular complexity index is 982. The van der Waals surface area contributed by atoms with Gasteiger partial charge in [-0.3, -0.25) is 20.4 Å². The van der Waals surface area contributed by atoms with E-state index in [-0.39, 0.29) is 10.7 Å². The molecule has 0 aliphatic carbocycles. The van der Waals surface area contributed by atoms with Crippen LogP contribution in [-0.2, 0) is 13.0 Å². The highest BCUT2D eigenvalue weighted by Crippen LogP contribution is 2.20. The Kier molecular flexibility index (Phi) is 6.11. The van der Waals surface area contributed by atoms with Crippen molar-refractivity contribution in [3.05, 3.63) is 87.7 Å². The molecule has 0 aliphatic heterocycles. The first-order valence-corrected chi connectivity index (χ1v) is 9.33. The number of carbonyl (C=O) groups is 2. The van der Waals surface area contributed by atoms with Crippen LogP contribution in [0.1, 0.15) is 44.5 Å². The highest BCUT2D eigenvalue weighted by atomic mass is 35.5. The maximum atomic E-state index is 12.5. The van der Waals surface area contributed by atoms with Gasteiger partial charge in [0.05, 0.1) is 12.2 Å². The van der Waals surface area contributed by atoms with Gasteiger partial charge >= 0.3 is 0 Å². The third kappa shape index (κ3) is 4.40. The van der Waals surface area contributed by atoms with Crippen LogP contribution in [-0.4, -0.2) is 21.6 Å². The van der Waals surface area contributed by atoms with Crippen LogP contribution in [0.3, 0.4) is 0 Å². The number of aryl methyl sites for hydroxylation is 2. The van der Waals surface area contributed by atoms with E-state index >= 15 is 0 Å². The molecule has 1 aromatic heterocycles. The fraction of sp³-hybridized carbons (Fsp3) is 0.190. The minimum atomic E-state index is -0.514. The number of hydrogen-bond acceptors (Lipinski definition) is 3. The Morgan fingerprint density at radius 1 is 0.964 bits per heavy atom. The van der Waals surface area contributed by atoms with E-state index < -0.39 is 11.8 Å². The summed E-state index contributed by atoms with van der Waals surface area (Å²) in [5, 5.41) is 4.56. The maximum absolute atomic E-state index is 12.5. The molecule has 2 aromatic carbocycles. The molecule has 0 unspecified atom stereocenters. The van der Waals surface area contributed by atoms with E-state index in [1.54, 1.807) is 23.7 Å². The molecule has 0 bridgehead atoms. The lowest BCUT2D eigenvalue weighted by Crippen LogP contribution is -2.41. The molecule has 3 aromatic rings. The molecule has 0 aliphatic rings. The van der Waals surface area contributed by atoms with E-state index in [2.05, 4.69) is 16.0 Å². The van der Waals surface area contributed by atoms with Crippen molar-refractivity contribution in [3.63, 3.8) is 0 Å². The van der Waals surface area contributed by atoms with Crippen LogP contribution in [0.2, 0.25) is 5.15 Å². The number of hydrazine groups is 1. The van der Waals surface area contributed by atoms with Crippen molar-refractivity contribution in [1.29, 1.82) is 0 Å². The average molecular weight is 397 g/mol. The molecule has 0 fully saturated rings. The predicted octanol–water partition coefficient (Wildman–Crippen LogP) is 3.53. The Hall–Kier alpha value is -3.12. The molecule has 6 nitrogen and oxygen atoms in total. The van der Waals surface area contributed by atoms with Gasteiger partial charge in [-0.15, -0.1) is 0 Å². The Balaban J connectivity index is 1.67. The van der Waals surface area contributed by atoms with Crippen LogP contribution in [0, 0.1) is 6.92 Å². The summed E-state index contributed by atoms with van der Waals surface area (Å²) in [7, 11) is 0. The Morgan fingerprint density at radius 2 is 1.61 bits per heavy atom. The molecule has 2 amide bonds. The van der Waals surface area contributed by atoms with Gasteiger partial charge in [-0.2, -0.15) is 5.10 Å². The molecular formula is C21H21ClN4O2. The number of aromatic nitrogens is 2. The molecular weight excluding hydrogens is 376 g/mol. The molecule has 0 saturated heterocycles. The maximum Gasteiger partial charge on any atom is 0.274 e. The van der Waals surface area contributed by atoms with Gasteiger partial charge in [0.25, 0.3) is 11.8 Å². The molecule has 144 valence electrons. The van der Waals surface area contributed by atoms with Crippen molar-refractivity contribution in [2.24, 2.45) is 0 Å². The summed E-state index contributed by atoms with van der Waals surface area (Å²) in [4.78, 5) is 24.7. The van der Waals surface area contributed by atoms with Gasteiger partial charge < -0.3 is 0 Å². The number of benzene rings is 2. The van der Waals surface area contributed by atoms with Gasteiger partial charge in [-0.1, -0.05) is 61.0 Å². The van der Waals surface area contributed by atoms with Crippen molar-refractivity contribution in [2.45, 2.75) is 26.8 Å². The van der Waals surface area contributed by atoms with E-state index in [4.69, 9.17) is 11.6 Å².